The molecule has 1 aromatic carbocycles. The summed E-state index contributed by atoms with van der Waals surface area (Å²) in [4.78, 5) is 0. The van der Waals surface area contributed by atoms with Gasteiger partial charge in [-0.25, -0.2) is 0 Å². The highest BCUT2D eigenvalue weighted by Crippen LogP contribution is 2.11. The molecule has 0 unspecified atom stereocenters. The Morgan fingerprint density at radius 3 is 2.58 bits per heavy atom. The Hall–Kier alpha value is -1.28. The number of rotatable bonds is 4. The maximum absolute atomic E-state index is 5.29. The summed E-state index contributed by atoms with van der Waals surface area (Å²) in [5.41, 5.74) is 6.29. The standard InChI is InChI=1S/C10H13NO/c1-9(12-8-7-11)10-5-3-2-4-6-10/h2-6H,1,7-8,11H2. The zero-order chi connectivity index (χ0) is 8.81. The maximum atomic E-state index is 5.29. The van der Waals surface area contributed by atoms with E-state index >= 15 is 0 Å². The summed E-state index contributed by atoms with van der Waals surface area (Å²) in [5, 5.41) is 0. The SMILES string of the molecule is C=C(OCCN)c1ccccc1. The van der Waals surface area contributed by atoms with Crippen LogP contribution in [0.4, 0.5) is 0 Å². The normalized spacial score (nSPS) is 9.42. The first-order valence-electron chi connectivity index (χ1n) is 3.92. The zero-order valence-electron chi connectivity index (χ0n) is 6.99. The molecule has 1 rings (SSSR count). The van der Waals surface area contributed by atoms with Crippen molar-refractivity contribution in [2.75, 3.05) is 13.2 Å². The molecule has 0 radical (unpaired) electrons. The Morgan fingerprint density at radius 1 is 1.33 bits per heavy atom. The van der Waals surface area contributed by atoms with Crippen molar-refractivity contribution < 1.29 is 4.74 Å². The summed E-state index contributed by atoms with van der Waals surface area (Å²) < 4.78 is 5.26. The second-order valence-corrected chi connectivity index (χ2v) is 2.43. The average Bonchev–Trinajstić information content (AvgIpc) is 2.15. The van der Waals surface area contributed by atoms with E-state index in [0.717, 1.165) is 5.56 Å². The number of hydrogen-bond donors (Lipinski definition) is 1. The molecular formula is C10H13NO. The zero-order valence-corrected chi connectivity index (χ0v) is 6.99. The molecular weight excluding hydrogens is 150 g/mol. The minimum absolute atomic E-state index is 0.520. The van der Waals surface area contributed by atoms with Crippen LogP contribution in [0.5, 0.6) is 0 Å². The predicted octanol–water partition coefficient (Wildman–Crippen LogP) is 1.63. The number of benzene rings is 1. The third kappa shape index (κ3) is 2.40. The van der Waals surface area contributed by atoms with Crippen molar-refractivity contribution in [3.63, 3.8) is 0 Å². The lowest BCUT2D eigenvalue weighted by Gasteiger charge is -2.06. The maximum Gasteiger partial charge on any atom is 0.119 e. The molecule has 0 aromatic heterocycles. The first-order valence-corrected chi connectivity index (χ1v) is 3.92. The van der Waals surface area contributed by atoms with Gasteiger partial charge in [0.2, 0.25) is 0 Å². The molecule has 0 heterocycles. The quantitative estimate of drug-likeness (QED) is 0.685. The van der Waals surface area contributed by atoms with Gasteiger partial charge in [-0.1, -0.05) is 36.9 Å². The fourth-order valence-corrected chi connectivity index (χ4v) is 0.890. The highest BCUT2D eigenvalue weighted by atomic mass is 16.5. The number of nitrogens with two attached hydrogens (primary N) is 1. The summed E-state index contributed by atoms with van der Waals surface area (Å²) >= 11 is 0. The first-order chi connectivity index (χ1) is 5.84. The van der Waals surface area contributed by atoms with Crippen LogP contribution in [0.2, 0.25) is 0 Å². The van der Waals surface area contributed by atoms with Gasteiger partial charge in [-0.15, -0.1) is 0 Å². The Bertz CT molecular complexity index is 243. The molecule has 0 bridgehead atoms. The summed E-state index contributed by atoms with van der Waals surface area (Å²) in [6, 6.07) is 9.77. The van der Waals surface area contributed by atoms with Crippen molar-refractivity contribution >= 4 is 5.76 Å². The van der Waals surface area contributed by atoms with Gasteiger partial charge in [-0.3, -0.25) is 0 Å². The molecule has 0 atom stereocenters. The van der Waals surface area contributed by atoms with E-state index in [-0.39, 0.29) is 0 Å². The fraction of sp³-hybridized carbons (Fsp3) is 0.200. The average molecular weight is 163 g/mol. The van der Waals surface area contributed by atoms with Crippen molar-refractivity contribution in [2.45, 2.75) is 0 Å². The molecule has 2 N–H and O–H groups in total. The highest BCUT2D eigenvalue weighted by molar-refractivity contribution is 5.56. The van der Waals surface area contributed by atoms with Crippen LogP contribution >= 0.6 is 0 Å². The minimum Gasteiger partial charge on any atom is -0.492 e. The lowest BCUT2D eigenvalue weighted by molar-refractivity contribution is 0.288. The Morgan fingerprint density at radius 2 is 2.00 bits per heavy atom. The topological polar surface area (TPSA) is 35.2 Å². The van der Waals surface area contributed by atoms with Gasteiger partial charge < -0.3 is 10.5 Å². The molecule has 12 heavy (non-hydrogen) atoms. The van der Waals surface area contributed by atoms with Gasteiger partial charge in [-0.05, 0) is 0 Å². The first kappa shape index (κ1) is 8.81. The molecule has 0 aliphatic heterocycles. The third-order valence-corrected chi connectivity index (χ3v) is 1.49. The lowest BCUT2D eigenvalue weighted by atomic mass is 10.2. The summed E-state index contributed by atoms with van der Waals surface area (Å²) in [6.45, 7) is 4.83. The van der Waals surface area contributed by atoms with Crippen LogP contribution in [0.1, 0.15) is 5.56 Å². The molecule has 0 aliphatic carbocycles. The fourth-order valence-electron chi connectivity index (χ4n) is 0.890. The summed E-state index contributed by atoms with van der Waals surface area (Å²) in [5.74, 6) is 0.682. The number of hydrogen-bond acceptors (Lipinski definition) is 2. The van der Waals surface area contributed by atoms with E-state index in [1.807, 2.05) is 30.3 Å². The van der Waals surface area contributed by atoms with Crippen LogP contribution in [0.15, 0.2) is 36.9 Å². The van der Waals surface area contributed by atoms with Crippen LogP contribution in [-0.2, 0) is 4.74 Å². The Balaban J connectivity index is 2.54. The summed E-state index contributed by atoms with van der Waals surface area (Å²) in [6.07, 6.45) is 0. The smallest absolute Gasteiger partial charge is 0.119 e. The molecule has 0 aliphatic rings. The van der Waals surface area contributed by atoms with Gasteiger partial charge in [-0.2, -0.15) is 0 Å². The molecule has 0 spiro atoms. The molecule has 0 saturated heterocycles. The van der Waals surface area contributed by atoms with Gasteiger partial charge in [0.05, 0.1) is 0 Å². The lowest BCUT2D eigenvalue weighted by Crippen LogP contribution is -2.07. The van der Waals surface area contributed by atoms with Crippen LogP contribution in [0.25, 0.3) is 5.76 Å². The largest absolute Gasteiger partial charge is 0.492 e. The van der Waals surface area contributed by atoms with E-state index in [0.29, 0.717) is 18.9 Å². The van der Waals surface area contributed by atoms with E-state index < -0.39 is 0 Å². The van der Waals surface area contributed by atoms with Crippen molar-refractivity contribution in [3.8, 4) is 0 Å². The van der Waals surface area contributed by atoms with Gasteiger partial charge in [0.15, 0.2) is 0 Å². The van der Waals surface area contributed by atoms with E-state index in [2.05, 4.69) is 6.58 Å². The minimum atomic E-state index is 0.520. The van der Waals surface area contributed by atoms with Crippen molar-refractivity contribution in [1.29, 1.82) is 0 Å². The Labute approximate surface area is 72.7 Å². The van der Waals surface area contributed by atoms with Crippen LogP contribution in [0, 0.1) is 0 Å². The van der Waals surface area contributed by atoms with Gasteiger partial charge in [0.1, 0.15) is 12.4 Å². The van der Waals surface area contributed by atoms with Crippen LogP contribution < -0.4 is 5.73 Å². The molecule has 0 amide bonds. The number of ether oxygens (including phenoxy) is 1. The Kier molecular flexibility index (Phi) is 3.35. The van der Waals surface area contributed by atoms with Gasteiger partial charge >= 0.3 is 0 Å². The molecule has 0 fully saturated rings. The predicted molar refractivity (Wildman–Crippen MR) is 50.5 cm³/mol. The molecule has 1 aromatic rings. The van der Waals surface area contributed by atoms with Crippen LogP contribution in [-0.4, -0.2) is 13.2 Å². The second-order valence-electron chi connectivity index (χ2n) is 2.43. The molecule has 0 saturated carbocycles. The molecule has 2 nitrogen and oxygen atoms in total. The monoisotopic (exact) mass is 163 g/mol. The van der Waals surface area contributed by atoms with E-state index in [1.165, 1.54) is 0 Å². The molecule has 64 valence electrons. The van der Waals surface area contributed by atoms with Crippen molar-refractivity contribution in [2.24, 2.45) is 5.73 Å². The highest BCUT2D eigenvalue weighted by Gasteiger charge is 1.96. The van der Waals surface area contributed by atoms with Gasteiger partial charge in [0.25, 0.3) is 0 Å². The van der Waals surface area contributed by atoms with Crippen molar-refractivity contribution in [1.82, 2.24) is 0 Å². The second kappa shape index (κ2) is 4.57. The van der Waals surface area contributed by atoms with E-state index in [1.54, 1.807) is 0 Å². The van der Waals surface area contributed by atoms with Crippen molar-refractivity contribution in [3.05, 3.63) is 42.5 Å². The van der Waals surface area contributed by atoms with Gasteiger partial charge in [0, 0.05) is 12.1 Å². The summed E-state index contributed by atoms with van der Waals surface area (Å²) in [7, 11) is 0. The van der Waals surface area contributed by atoms with E-state index in [4.69, 9.17) is 10.5 Å². The van der Waals surface area contributed by atoms with Crippen LogP contribution in [0.3, 0.4) is 0 Å². The van der Waals surface area contributed by atoms with E-state index in [9.17, 15) is 0 Å². The third-order valence-electron chi connectivity index (χ3n) is 1.49. The molecule has 2 heteroatoms.